The van der Waals surface area contributed by atoms with Crippen molar-refractivity contribution in [3.8, 4) is 0 Å². The lowest BCUT2D eigenvalue weighted by Crippen LogP contribution is -2.36. The second-order valence-corrected chi connectivity index (χ2v) is 4.76. The van der Waals surface area contributed by atoms with Crippen molar-refractivity contribution in [1.82, 2.24) is 15.1 Å². The molecule has 0 unspecified atom stereocenters. The summed E-state index contributed by atoms with van der Waals surface area (Å²) in [6.07, 6.45) is 1.27. The molecule has 0 aromatic carbocycles. The molecule has 0 atom stereocenters. The van der Waals surface area contributed by atoms with Crippen molar-refractivity contribution in [3.63, 3.8) is 0 Å². The van der Waals surface area contributed by atoms with Crippen LogP contribution >= 0.6 is 0 Å². The maximum Gasteiger partial charge on any atom is 0.221 e. The molecule has 0 saturated carbocycles. The van der Waals surface area contributed by atoms with E-state index in [2.05, 4.69) is 10.2 Å². The fraction of sp³-hybridized carbons (Fsp3) is 0.846. The van der Waals surface area contributed by atoms with Crippen molar-refractivity contribution in [2.45, 2.75) is 19.8 Å². The van der Waals surface area contributed by atoms with Gasteiger partial charge >= 0.3 is 0 Å². The van der Waals surface area contributed by atoms with Gasteiger partial charge in [0, 0.05) is 40.1 Å². The molecule has 6 heteroatoms. The van der Waals surface area contributed by atoms with Gasteiger partial charge in [0.15, 0.2) is 0 Å². The zero-order valence-electron chi connectivity index (χ0n) is 12.6. The van der Waals surface area contributed by atoms with Crippen molar-refractivity contribution < 1.29 is 14.3 Å². The molecule has 0 spiro atoms. The molecule has 1 N–H and O–H groups in total. The molecule has 0 fully saturated rings. The van der Waals surface area contributed by atoms with Crippen LogP contribution < -0.4 is 5.32 Å². The number of ether oxygens (including phenoxy) is 1. The number of carbonyl (C=O) groups excluding carboxylic acids is 2. The number of rotatable bonds is 10. The van der Waals surface area contributed by atoms with Crippen molar-refractivity contribution in [2.75, 3.05) is 54.0 Å². The lowest BCUT2D eigenvalue weighted by Gasteiger charge is -2.20. The highest BCUT2D eigenvalue weighted by Gasteiger charge is 2.10. The van der Waals surface area contributed by atoms with Gasteiger partial charge in [0.05, 0.1) is 6.61 Å². The van der Waals surface area contributed by atoms with Crippen molar-refractivity contribution >= 4 is 11.8 Å². The number of hydrogen-bond acceptors (Lipinski definition) is 4. The van der Waals surface area contributed by atoms with E-state index in [1.807, 2.05) is 14.1 Å². The summed E-state index contributed by atoms with van der Waals surface area (Å²) in [5, 5.41) is 2.85. The van der Waals surface area contributed by atoms with Gasteiger partial charge in [-0.05, 0) is 27.1 Å². The van der Waals surface area contributed by atoms with E-state index in [4.69, 9.17) is 4.74 Å². The predicted octanol–water partition coefficient (Wildman–Crippen LogP) is -0.0607. The number of carbonyl (C=O) groups is 2. The van der Waals surface area contributed by atoms with Crippen LogP contribution in [0.25, 0.3) is 0 Å². The fourth-order valence-electron chi connectivity index (χ4n) is 1.58. The molecule has 2 amide bonds. The molecule has 0 rings (SSSR count). The Balaban J connectivity index is 3.76. The van der Waals surface area contributed by atoms with E-state index in [1.165, 1.54) is 6.92 Å². The summed E-state index contributed by atoms with van der Waals surface area (Å²) in [7, 11) is 5.60. The van der Waals surface area contributed by atoms with Crippen molar-refractivity contribution in [3.05, 3.63) is 0 Å². The molecule has 0 aromatic rings. The first kappa shape index (κ1) is 17.9. The molecule has 0 aromatic heterocycles. The van der Waals surface area contributed by atoms with Crippen LogP contribution in [0.15, 0.2) is 0 Å². The van der Waals surface area contributed by atoms with Crippen LogP contribution in [0.1, 0.15) is 19.8 Å². The van der Waals surface area contributed by atoms with Crippen LogP contribution in [-0.4, -0.2) is 75.6 Å². The van der Waals surface area contributed by atoms with Crippen LogP contribution in [0.4, 0.5) is 0 Å². The van der Waals surface area contributed by atoms with E-state index >= 15 is 0 Å². The SMILES string of the molecule is COCCN(CCC(=O)NCCCN(C)C)C(C)=O. The first-order valence-corrected chi connectivity index (χ1v) is 6.63. The van der Waals surface area contributed by atoms with Crippen molar-refractivity contribution in [2.24, 2.45) is 0 Å². The molecule has 0 radical (unpaired) electrons. The Hall–Kier alpha value is -1.14. The van der Waals surface area contributed by atoms with E-state index in [1.54, 1.807) is 12.0 Å². The van der Waals surface area contributed by atoms with Gasteiger partial charge in [0.1, 0.15) is 0 Å². The van der Waals surface area contributed by atoms with Gasteiger partial charge in [-0.2, -0.15) is 0 Å². The van der Waals surface area contributed by atoms with E-state index in [-0.39, 0.29) is 11.8 Å². The molecule has 0 heterocycles. The summed E-state index contributed by atoms with van der Waals surface area (Å²) in [6.45, 7) is 4.59. The zero-order chi connectivity index (χ0) is 14.7. The summed E-state index contributed by atoms with van der Waals surface area (Å²) in [5.74, 6) is -0.0418. The van der Waals surface area contributed by atoms with Gasteiger partial charge < -0.3 is 19.9 Å². The predicted molar refractivity (Wildman–Crippen MR) is 74.9 cm³/mol. The molecule has 0 aliphatic rings. The van der Waals surface area contributed by atoms with Crippen LogP contribution in [0.2, 0.25) is 0 Å². The number of nitrogens with one attached hydrogen (secondary N) is 1. The third-order valence-electron chi connectivity index (χ3n) is 2.72. The molecule has 0 saturated heterocycles. The standard InChI is InChI=1S/C13H27N3O3/c1-12(17)16(10-11-19-4)9-6-13(18)14-7-5-8-15(2)3/h5-11H2,1-4H3,(H,14,18). The largest absolute Gasteiger partial charge is 0.383 e. The first-order chi connectivity index (χ1) is 8.97. The molecule has 6 nitrogen and oxygen atoms in total. The zero-order valence-corrected chi connectivity index (χ0v) is 12.6. The van der Waals surface area contributed by atoms with Gasteiger partial charge in [0.25, 0.3) is 0 Å². The van der Waals surface area contributed by atoms with E-state index < -0.39 is 0 Å². The van der Waals surface area contributed by atoms with Crippen molar-refractivity contribution in [1.29, 1.82) is 0 Å². The Labute approximate surface area is 116 Å². The number of amides is 2. The summed E-state index contributed by atoms with van der Waals surface area (Å²) in [4.78, 5) is 26.6. The second-order valence-electron chi connectivity index (χ2n) is 4.76. The van der Waals surface area contributed by atoms with Crippen LogP contribution in [0.3, 0.4) is 0 Å². The Kier molecular flexibility index (Phi) is 10.1. The Morgan fingerprint density at radius 2 is 1.84 bits per heavy atom. The minimum Gasteiger partial charge on any atom is -0.383 e. The molecular formula is C13H27N3O3. The Bertz CT molecular complexity index is 270. The highest BCUT2D eigenvalue weighted by Crippen LogP contribution is 1.93. The molecule has 112 valence electrons. The summed E-state index contributed by atoms with van der Waals surface area (Å²) in [6, 6.07) is 0. The molecular weight excluding hydrogens is 246 g/mol. The minimum atomic E-state index is -0.0301. The van der Waals surface area contributed by atoms with Crippen LogP contribution in [0, 0.1) is 0 Å². The highest BCUT2D eigenvalue weighted by molar-refractivity contribution is 5.77. The number of nitrogens with zero attached hydrogens (tertiary/aromatic N) is 2. The Morgan fingerprint density at radius 3 is 2.37 bits per heavy atom. The highest BCUT2D eigenvalue weighted by atomic mass is 16.5. The fourth-order valence-corrected chi connectivity index (χ4v) is 1.58. The number of methoxy groups -OCH3 is 1. The van der Waals surface area contributed by atoms with Crippen LogP contribution in [0.5, 0.6) is 0 Å². The maximum atomic E-state index is 11.6. The monoisotopic (exact) mass is 273 g/mol. The molecule has 0 aliphatic carbocycles. The smallest absolute Gasteiger partial charge is 0.221 e. The van der Waals surface area contributed by atoms with Crippen LogP contribution in [-0.2, 0) is 14.3 Å². The summed E-state index contributed by atoms with van der Waals surface area (Å²) in [5.41, 5.74) is 0. The van der Waals surface area contributed by atoms with Gasteiger partial charge in [0.2, 0.25) is 11.8 Å². The second kappa shape index (κ2) is 10.8. The average Bonchev–Trinajstić information content (AvgIpc) is 2.34. The van der Waals surface area contributed by atoms with Gasteiger partial charge in [-0.1, -0.05) is 0 Å². The molecule has 0 bridgehead atoms. The minimum absolute atomic E-state index is 0.0116. The quantitative estimate of drug-likeness (QED) is 0.566. The molecule has 19 heavy (non-hydrogen) atoms. The lowest BCUT2D eigenvalue weighted by atomic mass is 10.3. The topological polar surface area (TPSA) is 61.9 Å². The van der Waals surface area contributed by atoms with Gasteiger partial charge in [-0.3, -0.25) is 9.59 Å². The first-order valence-electron chi connectivity index (χ1n) is 6.63. The third kappa shape index (κ3) is 10.5. The lowest BCUT2D eigenvalue weighted by molar-refractivity contribution is -0.130. The summed E-state index contributed by atoms with van der Waals surface area (Å²) >= 11 is 0. The maximum absolute atomic E-state index is 11.6. The average molecular weight is 273 g/mol. The van der Waals surface area contributed by atoms with Gasteiger partial charge in [-0.25, -0.2) is 0 Å². The van der Waals surface area contributed by atoms with E-state index in [0.29, 0.717) is 32.7 Å². The third-order valence-corrected chi connectivity index (χ3v) is 2.72. The van der Waals surface area contributed by atoms with E-state index in [9.17, 15) is 9.59 Å². The number of hydrogen-bond donors (Lipinski definition) is 1. The Morgan fingerprint density at radius 1 is 1.16 bits per heavy atom. The molecule has 0 aliphatic heterocycles. The normalized spacial score (nSPS) is 10.6. The van der Waals surface area contributed by atoms with E-state index in [0.717, 1.165) is 13.0 Å². The van der Waals surface area contributed by atoms with Gasteiger partial charge in [-0.15, -0.1) is 0 Å². The summed E-state index contributed by atoms with van der Waals surface area (Å²) < 4.78 is 4.93.